The first-order chi connectivity index (χ1) is 10.8. The monoisotopic (exact) mass is 336 g/mol. The van der Waals surface area contributed by atoms with E-state index in [9.17, 15) is 23.6 Å². The molecule has 122 valence electrons. The fourth-order valence-corrected chi connectivity index (χ4v) is 3.31. The van der Waals surface area contributed by atoms with E-state index in [1.165, 1.54) is 0 Å². The zero-order chi connectivity index (χ0) is 17.0. The number of nitro benzene ring substituents is 1. The van der Waals surface area contributed by atoms with E-state index in [0.29, 0.717) is 5.56 Å². The van der Waals surface area contributed by atoms with Crippen LogP contribution in [0.4, 0.5) is 5.69 Å². The zero-order valence-electron chi connectivity index (χ0n) is 12.3. The quantitative estimate of drug-likeness (QED) is 0.619. The molecule has 2 unspecified atom stereocenters. The van der Waals surface area contributed by atoms with E-state index in [-0.39, 0.29) is 10.6 Å². The molecule has 0 aromatic heterocycles. The van der Waals surface area contributed by atoms with Crippen LogP contribution in [0.25, 0.3) is 0 Å². The van der Waals surface area contributed by atoms with Gasteiger partial charge in [-0.1, -0.05) is 30.3 Å². The minimum Gasteiger partial charge on any atom is -0.387 e. The number of non-ortho nitro benzene ring substituents is 1. The smallest absolute Gasteiger partial charge is 0.269 e. The van der Waals surface area contributed by atoms with Crippen LogP contribution in [0.5, 0.6) is 0 Å². The van der Waals surface area contributed by atoms with Gasteiger partial charge in [-0.25, -0.2) is 13.1 Å². The second-order valence-corrected chi connectivity index (χ2v) is 6.73. The summed E-state index contributed by atoms with van der Waals surface area (Å²) in [7, 11) is -3.89. The molecule has 2 aromatic carbocycles. The van der Waals surface area contributed by atoms with Crippen molar-refractivity contribution in [3.05, 3.63) is 70.3 Å². The van der Waals surface area contributed by atoms with Gasteiger partial charge in [0.15, 0.2) is 0 Å². The molecule has 0 aliphatic heterocycles. The molecular weight excluding hydrogens is 320 g/mol. The number of nitrogens with zero attached hydrogens (tertiary/aromatic N) is 1. The SMILES string of the molecule is CC(NS(=O)(=O)c1ccc([N+](=O)[O-])cc1)C(O)c1ccccc1. The van der Waals surface area contributed by atoms with Gasteiger partial charge in [-0.2, -0.15) is 0 Å². The lowest BCUT2D eigenvalue weighted by atomic mass is 10.0. The Bertz CT molecular complexity index is 775. The lowest BCUT2D eigenvalue weighted by Gasteiger charge is -2.20. The highest BCUT2D eigenvalue weighted by Crippen LogP contribution is 2.20. The van der Waals surface area contributed by atoms with E-state index >= 15 is 0 Å². The summed E-state index contributed by atoms with van der Waals surface area (Å²) in [4.78, 5) is 9.89. The third kappa shape index (κ3) is 4.13. The van der Waals surface area contributed by atoms with Gasteiger partial charge in [0.2, 0.25) is 10.0 Å². The van der Waals surface area contributed by atoms with Crippen LogP contribution < -0.4 is 4.72 Å². The zero-order valence-corrected chi connectivity index (χ0v) is 13.1. The highest BCUT2D eigenvalue weighted by atomic mass is 32.2. The summed E-state index contributed by atoms with van der Waals surface area (Å²) in [5.41, 5.74) is 0.396. The first kappa shape index (κ1) is 17.1. The first-order valence-corrected chi connectivity index (χ1v) is 8.29. The van der Waals surface area contributed by atoms with Crippen molar-refractivity contribution >= 4 is 15.7 Å². The second-order valence-electron chi connectivity index (χ2n) is 5.02. The maximum absolute atomic E-state index is 12.3. The molecule has 2 rings (SSSR count). The summed E-state index contributed by atoms with van der Waals surface area (Å²) in [5.74, 6) is 0. The molecule has 0 saturated carbocycles. The number of rotatable bonds is 6. The Morgan fingerprint density at radius 2 is 1.65 bits per heavy atom. The van der Waals surface area contributed by atoms with E-state index < -0.39 is 27.1 Å². The summed E-state index contributed by atoms with van der Waals surface area (Å²) >= 11 is 0. The Morgan fingerprint density at radius 1 is 1.09 bits per heavy atom. The van der Waals surface area contributed by atoms with Gasteiger partial charge in [-0.15, -0.1) is 0 Å². The van der Waals surface area contributed by atoms with Crippen LogP contribution in [0.1, 0.15) is 18.6 Å². The summed E-state index contributed by atoms with van der Waals surface area (Å²) in [6, 6.07) is 12.5. The summed E-state index contributed by atoms with van der Waals surface area (Å²) < 4.78 is 26.9. The molecule has 2 atom stereocenters. The molecule has 0 spiro atoms. The lowest BCUT2D eigenvalue weighted by Crippen LogP contribution is -2.37. The molecule has 0 aliphatic rings. The van der Waals surface area contributed by atoms with Crippen LogP contribution in [0.15, 0.2) is 59.5 Å². The Balaban J connectivity index is 2.15. The predicted molar refractivity (Wildman–Crippen MR) is 84.3 cm³/mol. The molecule has 0 amide bonds. The van der Waals surface area contributed by atoms with Crippen molar-refractivity contribution in [2.75, 3.05) is 0 Å². The van der Waals surface area contributed by atoms with Gasteiger partial charge in [0.25, 0.3) is 5.69 Å². The lowest BCUT2D eigenvalue weighted by molar-refractivity contribution is -0.384. The van der Waals surface area contributed by atoms with Crippen LogP contribution in [0.3, 0.4) is 0 Å². The van der Waals surface area contributed by atoms with Crippen LogP contribution >= 0.6 is 0 Å². The van der Waals surface area contributed by atoms with Crippen molar-refractivity contribution in [3.63, 3.8) is 0 Å². The van der Waals surface area contributed by atoms with Crippen molar-refractivity contribution in [1.82, 2.24) is 4.72 Å². The molecule has 0 heterocycles. The minimum atomic E-state index is -3.89. The number of sulfonamides is 1. The van der Waals surface area contributed by atoms with Gasteiger partial charge in [0, 0.05) is 18.2 Å². The molecule has 0 aliphatic carbocycles. The van der Waals surface area contributed by atoms with Crippen LogP contribution in [0, 0.1) is 10.1 Å². The number of hydrogen-bond acceptors (Lipinski definition) is 5. The fraction of sp³-hybridized carbons (Fsp3) is 0.200. The largest absolute Gasteiger partial charge is 0.387 e. The number of nitrogens with one attached hydrogen (secondary N) is 1. The van der Waals surface area contributed by atoms with Gasteiger partial charge in [-0.3, -0.25) is 10.1 Å². The van der Waals surface area contributed by atoms with Crippen molar-refractivity contribution < 1.29 is 18.4 Å². The molecule has 0 bridgehead atoms. The number of aliphatic hydroxyl groups excluding tert-OH is 1. The molecule has 23 heavy (non-hydrogen) atoms. The third-order valence-electron chi connectivity index (χ3n) is 3.31. The van der Waals surface area contributed by atoms with Gasteiger partial charge in [0.05, 0.1) is 15.9 Å². The van der Waals surface area contributed by atoms with Crippen LogP contribution in [0.2, 0.25) is 0 Å². The van der Waals surface area contributed by atoms with E-state index in [1.54, 1.807) is 37.3 Å². The second kappa shape index (κ2) is 6.86. The van der Waals surface area contributed by atoms with Crippen molar-refractivity contribution in [1.29, 1.82) is 0 Å². The number of nitro groups is 1. The fourth-order valence-electron chi connectivity index (χ4n) is 2.06. The molecule has 7 nitrogen and oxygen atoms in total. The van der Waals surface area contributed by atoms with E-state index in [2.05, 4.69) is 4.72 Å². The maximum atomic E-state index is 12.3. The normalized spacial score (nSPS) is 14.2. The number of hydrogen-bond donors (Lipinski definition) is 2. The standard InChI is InChI=1S/C15H16N2O5S/c1-11(15(18)12-5-3-2-4-6-12)16-23(21,22)14-9-7-13(8-10-14)17(19)20/h2-11,15-16,18H,1H3. The topological polar surface area (TPSA) is 110 Å². The highest BCUT2D eigenvalue weighted by molar-refractivity contribution is 7.89. The average molecular weight is 336 g/mol. The van der Waals surface area contributed by atoms with Gasteiger partial charge >= 0.3 is 0 Å². The van der Waals surface area contributed by atoms with Crippen molar-refractivity contribution in [2.24, 2.45) is 0 Å². The molecular formula is C15H16N2O5S. The molecule has 2 aromatic rings. The summed E-state index contributed by atoms with van der Waals surface area (Å²) in [6.45, 7) is 1.54. The number of aliphatic hydroxyl groups is 1. The predicted octanol–water partition coefficient (Wildman–Crippen LogP) is 2.00. The van der Waals surface area contributed by atoms with E-state index in [0.717, 1.165) is 24.3 Å². The first-order valence-electron chi connectivity index (χ1n) is 6.81. The van der Waals surface area contributed by atoms with Crippen LogP contribution in [-0.4, -0.2) is 24.5 Å². The third-order valence-corrected chi connectivity index (χ3v) is 4.89. The average Bonchev–Trinajstić information content (AvgIpc) is 2.54. The summed E-state index contributed by atoms with van der Waals surface area (Å²) in [5, 5.41) is 20.8. The molecule has 0 saturated heterocycles. The Hall–Kier alpha value is -2.29. The summed E-state index contributed by atoms with van der Waals surface area (Å²) in [6.07, 6.45) is -1.01. The molecule has 2 N–H and O–H groups in total. The number of benzene rings is 2. The molecule has 0 radical (unpaired) electrons. The molecule has 0 fully saturated rings. The van der Waals surface area contributed by atoms with Gasteiger partial charge in [0.1, 0.15) is 0 Å². The van der Waals surface area contributed by atoms with E-state index in [1.807, 2.05) is 0 Å². The van der Waals surface area contributed by atoms with Crippen LogP contribution in [-0.2, 0) is 10.0 Å². The highest BCUT2D eigenvalue weighted by Gasteiger charge is 2.23. The molecule has 8 heteroatoms. The maximum Gasteiger partial charge on any atom is 0.269 e. The Labute approximate surface area is 133 Å². The van der Waals surface area contributed by atoms with Gasteiger partial charge in [-0.05, 0) is 24.6 Å². The van der Waals surface area contributed by atoms with E-state index in [4.69, 9.17) is 0 Å². The van der Waals surface area contributed by atoms with Crippen molar-refractivity contribution in [2.45, 2.75) is 24.0 Å². The minimum absolute atomic E-state index is 0.102. The Morgan fingerprint density at radius 3 is 2.17 bits per heavy atom. The Kier molecular flexibility index (Phi) is 5.09. The van der Waals surface area contributed by atoms with Gasteiger partial charge < -0.3 is 5.11 Å². The van der Waals surface area contributed by atoms with Crippen molar-refractivity contribution in [3.8, 4) is 0 Å².